The summed E-state index contributed by atoms with van der Waals surface area (Å²) in [5.74, 6) is -0.236. The number of benzene rings is 1. The van der Waals surface area contributed by atoms with Gasteiger partial charge in [-0.15, -0.1) is 0 Å². The highest BCUT2D eigenvalue weighted by atomic mass is 35.5. The molecule has 1 amide bonds. The number of amides is 1. The fourth-order valence-electron chi connectivity index (χ4n) is 2.38. The molecule has 96 valence electrons. The first-order chi connectivity index (χ1) is 9.22. The Bertz CT molecular complexity index is 640. The molecule has 1 aromatic carbocycles. The molecule has 0 fully saturated rings. The Labute approximate surface area is 116 Å². The summed E-state index contributed by atoms with van der Waals surface area (Å²) in [6.45, 7) is 0. The molecule has 1 aromatic heterocycles. The lowest BCUT2D eigenvalue weighted by atomic mass is 10.1. The Balaban J connectivity index is 1.80. The highest BCUT2D eigenvalue weighted by molar-refractivity contribution is 6.29. The third-order valence-electron chi connectivity index (χ3n) is 3.30. The van der Waals surface area contributed by atoms with Crippen molar-refractivity contribution in [2.75, 3.05) is 5.32 Å². The molecule has 2 aromatic rings. The molecule has 1 heterocycles. The van der Waals surface area contributed by atoms with Crippen LogP contribution in [-0.2, 0) is 12.8 Å². The van der Waals surface area contributed by atoms with Crippen molar-refractivity contribution in [3.05, 3.63) is 58.4 Å². The zero-order valence-corrected chi connectivity index (χ0v) is 11.1. The van der Waals surface area contributed by atoms with E-state index in [0.717, 1.165) is 18.5 Å². The lowest BCUT2D eigenvalue weighted by Gasteiger charge is -2.07. The summed E-state index contributed by atoms with van der Waals surface area (Å²) in [5.41, 5.74) is 3.86. The Kier molecular flexibility index (Phi) is 3.22. The van der Waals surface area contributed by atoms with Crippen LogP contribution < -0.4 is 5.32 Å². The molecule has 0 unspecified atom stereocenters. The van der Waals surface area contributed by atoms with E-state index in [4.69, 9.17) is 11.6 Å². The second kappa shape index (κ2) is 5.02. The minimum Gasteiger partial charge on any atom is -0.321 e. The molecule has 1 aliphatic carbocycles. The Morgan fingerprint density at radius 3 is 2.84 bits per heavy atom. The fourth-order valence-corrected chi connectivity index (χ4v) is 2.54. The van der Waals surface area contributed by atoms with Gasteiger partial charge in [-0.25, -0.2) is 4.98 Å². The minimum absolute atomic E-state index is 0.236. The van der Waals surface area contributed by atoms with Crippen LogP contribution in [0, 0.1) is 0 Å². The van der Waals surface area contributed by atoms with E-state index in [2.05, 4.69) is 16.4 Å². The molecule has 0 aliphatic heterocycles. The van der Waals surface area contributed by atoms with Crippen molar-refractivity contribution in [1.82, 2.24) is 4.98 Å². The summed E-state index contributed by atoms with van der Waals surface area (Å²) in [7, 11) is 0. The summed E-state index contributed by atoms with van der Waals surface area (Å²) in [5, 5.41) is 3.18. The van der Waals surface area contributed by atoms with E-state index >= 15 is 0 Å². The average molecular weight is 273 g/mol. The molecule has 0 atom stereocenters. The number of carbonyl (C=O) groups is 1. The van der Waals surface area contributed by atoms with E-state index in [1.54, 1.807) is 18.2 Å². The summed E-state index contributed by atoms with van der Waals surface area (Å²) >= 11 is 5.78. The van der Waals surface area contributed by atoms with Crippen molar-refractivity contribution in [3.8, 4) is 0 Å². The van der Waals surface area contributed by atoms with E-state index in [1.807, 2.05) is 12.1 Å². The number of rotatable bonds is 2. The predicted molar refractivity (Wildman–Crippen MR) is 75.7 cm³/mol. The van der Waals surface area contributed by atoms with Gasteiger partial charge in [-0.2, -0.15) is 0 Å². The maximum absolute atomic E-state index is 12.0. The van der Waals surface area contributed by atoms with Crippen molar-refractivity contribution in [1.29, 1.82) is 0 Å². The van der Waals surface area contributed by atoms with Gasteiger partial charge >= 0.3 is 0 Å². The van der Waals surface area contributed by atoms with Gasteiger partial charge in [0.05, 0.1) is 0 Å². The number of hydrogen-bond donors (Lipinski definition) is 1. The van der Waals surface area contributed by atoms with Crippen LogP contribution in [-0.4, -0.2) is 10.9 Å². The second-order valence-corrected chi connectivity index (χ2v) is 5.02. The number of aryl methyl sites for hydroxylation is 2. The number of pyridine rings is 1. The van der Waals surface area contributed by atoms with E-state index in [-0.39, 0.29) is 5.91 Å². The third kappa shape index (κ3) is 2.61. The molecule has 0 saturated heterocycles. The van der Waals surface area contributed by atoms with E-state index < -0.39 is 0 Å². The molecule has 3 rings (SSSR count). The molecular formula is C15H13ClN2O. The van der Waals surface area contributed by atoms with Crippen LogP contribution in [0.4, 0.5) is 5.69 Å². The molecule has 3 nitrogen and oxygen atoms in total. The smallest absolute Gasteiger partial charge is 0.274 e. The van der Waals surface area contributed by atoms with Gasteiger partial charge < -0.3 is 5.32 Å². The number of nitrogens with one attached hydrogen (secondary N) is 1. The highest BCUT2D eigenvalue weighted by Crippen LogP contribution is 2.25. The van der Waals surface area contributed by atoms with Gasteiger partial charge in [-0.3, -0.25) is 4.79 Å². The minimum atomic E-state index is -0.236. The van der Waals surface area contributed by atoms with Crippen molar-refractivity contribution in [3.63, 3.8) is 0 Å². The van der Waals surface area contributed by atoms with Crippen LogP contribution in [0.15, 0.2) is 36.4 Å². The van der Waals surface area contributed by atoms with Gasteiger partial charge in [0.2, 0.25) is 0 Å². The monoisotopic (exact) mass is 272 g/mol. The molecule has 1 aliphatic rings. The quantitative estimate of drug-likeness (QED) is 0.851. The Hall–Kier alpha value is -1.87. The maximum atomic E-state index is 12.0. The average Bonchev–Trinajstić information content (AvgIpc) is 2.86. The topological polar surface area (TPSA) is 42.0 Å². The van der Waals surface area contributed by atoms with Crippen LogP contribution in [0.2, 0.25) is 5.15 Å². The van der Waals surface area contributed by atoms with Gasteiger partial charge in [0.15, 0.2) is 0 Å². The van der Waals surface area contributed by atoms with Gasteiger partial charge in [-0.1, -0.05) is 23.7 Å². The zero-order valence-electron chi connectivity index (χ0n) is 10.3. The molecule has 0 saturated carbocycles. The Morgan fingerprint density at radius 2 is 2.00 bits per heavy atom. The van der Waals surface area contributed by atoms with E-state index in [9.17, 15) is 4.79 Å². The van der Waals surface area contributed by atoms with Crippen molar-refractivity contribution in [2.24, 2.45) is 0 Å². The van der Waals surface area contributed by atoms with Crippen molar-refractivity contribution < 1.29 is 4.79 Å². The molecular weight excluding hydrogens is 260 g/mol. The van der Waals surface area contributed by atoms with Gasteiger partial charge in [-0.05, 0) is 54.7 Å². The Morgan fingerprint density at radius 1 is 1.16 bits per heavy atom. The summed E-state index contributed by atoms with van der Waals surface area (Å²) < 4.78 is 0. The third-order valence-corrected chi connectivity index (χ3v) is 3.51. The van der Waals surface area contributed by atoms with E-state index in [0.29, 0.717) is 10.8 Å². The van der Waals surface area contributed by atoms with Gasteiger partial charge in [0.1, 0.15) is 10.8 Å². The molecule has 0 radical (unpaired) electrons. The lowest BCUT2D eigenvalue weighted by molar-refractivity contribution is 0.102. The fraction of sp³-hybridized carbons (Fsp3) is 0.200. The number of nitrogens with zero attached hydrogens (tertiary/aromatic N) is 1. The standard InChI is InChI=1S/C15H13ClN2O/c16-14-6-2-5-13(18-14)15(19)17-12-8-7-10-3-1-4-11(10)9-12/h2,5-9H,1,3-4H2,(H,17,19). The van der Waals surface area contributed by atoms with Gasteiger partial charge in [0.25, 0.3) is 5.91 Å². The number of aromatic nitrogens is 1. The molecule has 4 heteroatoms. The number of anilines is 1. The first-order valence-electron chi connectivity index (χ1n) is 6.28. The van der Waals surface area contributed by atoms with Crippen LogP contribution >= 0.6 is 11.6 Å². The highest BCUT2D eigenvalue weighted by Gasteiger charge is 2.13. The summed E-state index contributed by atoms with van der Waals surface area (Å²) in [6, 6.07) is 11.1. The number of fused-ring (bicyclic) bond motifs is 1. The van der Waals surface area contributed by atoms with Gasteiger partial charge in [0, 0.05) is 5.69 Å². The second-order valence-electron chi connectivity index (χ2n) is 4.64. The van der Waals surface area contributed by atoms with Crippen molar-refractivity contribution >= 4 is 23.2 Å². The first kappa shape index (κ1) is 12.2. The number of carbonyl (C=O) groups excluding carboxylic acids is 1. The lowest BCUT2D eigenvalue weighted by Crippen LogP contribution is -2.13. The van der Waals surface area contributed by atoms with Crippen LogP contribution in [0.1, 0.15) is 28.0 Å². The normalized spacial score (nSPS) is 13.1. The molecule has 1 N–H and O–H groups in total. The zero-order chi connectivity index (χ0) is 13.2. The van der Waals surface area contributed by atoms with Crippen LogP contribution in [0.5, 0.6) is 0 Å². The van der Waals surface area contributed by atoms with Crippen LogP contribution in [0.3, 0.4) is 0 Å². The van der Waals surface area contributed by atoms with E-state index in [1.165, 1.54) is 17.5 Å². The molecule has 0 bridgehead atoms. The molecule has 0 spiro atoms. The van der Waals surface area contributed by atoms with Crippen LogP contribution in [0.25, 0.3) is 0 Å². The summed E-state index contributed by atoms with van der Waals surface area (Å²) in [4.78, 5) is 16.0. The first-order valence-corrected chi connectivity index (χ1v) is 6.66. The maximum Gasteiger partial charge on any atom is 0.274 e. The summed E-state index contributed by atoms with van der Waals surface area (Å²) in [6.07, 6.45) is 3.43. The van der Waals surface area contributed by atoms with Crippen molar-refractivity contribution in [2.45, 2.75) is 19.3 Å². The molecule has 19 heavy (non-hydrogen) atoms. The predicted octanol–water partition coefficient (Wildman–Crippen LogP) is 3.48. The SMILES string of the molecule is O=C(Nc1ccc2c(c1)CCC2)c1cccc(Cl)n1. The number of hydrogen-bond acceptors (Lipinski definition) is 2. The largest absolute Gasteiger partial charge is 0.321 e. The number of halogens is 1.